The summed E-state index contributed by atoms with van der Waals surface area (Å²) in [5.74, 6) is 0.587. The van der Waals surface area contributed by atoms with Gasteiger partial charge < -0.3 is 10.2 Å². The Morgan fingerprint density at radius 1 is 1.10 bits per heavy atom. The van der Waals surface area contributed by atoms with Crippen LogP contribution < -0.4 is 5.32 Å². The van der Waals surface area contributed by atoms with E-state index in [0.29, 0.717) is 12.6 Å². The van der Waals surface area contributed by atoms with Crippen LogP contribution in [0.5, 0.6) is 0 Å². The lowest BCUT2D eigenvalue weighted by atomic mass is 10.0. The van der Waals surface area contributed by atoms with Gasteiger partial charge in [-0.25, -0.2) is 0 Å². The van der Waals surface area contributed by atoms with Crippen LogP contribution in [0.3, 0.4) is 0 Å². The number of amides is 2. The van der Waals surface area contributed by atoms with Gasteiger partial charge in [0.15, 0.2) is 0 Å². The molecule has 0 unspecified atom stereocenters. The van der Waals surface area contributed by atoms with Crippen molar-refractivity contribution in [3.63, 3.8) is 0 Å². The number of nitrogens with one attached hydrogen (secondary N) is 1. The number of hydrogen-bond acceptors (Lipinski definition) is 3. The van der Waals surface area contributed by atoms with Crippen molar-refractivity contribution in [2.24, 2.45) is 5.92 Å². The summed E-state index contributed by atoms with van der Waals surface area (Å²) in [6.07, 6.45) is 4.09. The van der Waals surface area contributed by atoms with Crippen molar-refractivity contribution >= 4 is 11.8 Å². The first kappa shape index (κ1) is 15.3. The zero-order valence-electron chi connectivity index (χ0n) is 12.7. The third-order valence-corrected chi connectivity index (χ3v) is 4.33. The molecule has 0 radical (unpaired) electrons. The van der Waals surface area contributed by atoms with Gasteiger partial charge in [0.2, 0.25) is 11.8 Å². The second-order valence-electron chi connectivity index (χ2n) is 5.96. The standard InChI is InChI=1S/C15H27N3O2/c1-3-12(4-2)15(20)18-9-7-17(8-10-18)11-14(19)16-13-5-6-13/h12-13H,3-11H2,1-2H3,(H,16,19). The fourth-order valence-electron chi connectivity index (χ4n) is 2.73. The normalized spacial score (nSPS) is 20.2. The maximum atomic E-state index is 12.3. The molecule has 1 saturated heterocycles. The third-order valence-electron chi connectivity index (χ3n) is 4.33. The lowest BCUT2D eigenvalue weighted by Crippen LogP contribution is -2.52. The lowest BCUT2D eigenvalue weighted by molar-refractivity contribution is -0.137. The highest BCUT2D eigenvalue weighted by atomic mass is 16.2. The Morgan fingerprint density at radius 3 is 2.20 bits per heavy atom. The Bertz CT molecular complexity index is 343. The molecule has 1 aliphatic heterocycles. The van der Waals surface area contributed by atoms with Crippen LogP contribution in [0.2, 0.25) is 0 Å². The minimum Gasteiger partial charge on any atom is -0.352 e. The van der Waals surface area contributed by atoms with E-state index in [0.717, 1.165) is 51.9 Å². The number of carbonyl (C=O) groups excluding carboxylic acids is 2. The van der Waals surface area contributed by atoms with Crippen LogP contribution in [-0.4, -0.2) is 60.4 Å². The van der Waals surface area contributed by atoms with Gasteiger partial charge in [0.05, 0.1) is 6.54 Å². The molecule has 0 atom stereocenters. The molecule has 1 saturated carbocycles. The molecule has 1 N–H and O–H groups in total. The van der Waals surface area contributed by atoms with Gasteiger partial charge in [-0.15, -0.1) is 0 Å². The lowest BCUT2D eigenvalue weighted by Gasteiger charge is -2.35. The molecule has 2 fully saturated rings. The van der Waals surface area contributed by atoms with Crippen LogP contribution in [0.4, 0.5) is 0 Å². The molecule has 0 spiro atoms. The van der Waals surface area contributed by atoms with E-state index in [1.807, 2.05) is 4.90 Å². The molecular formula is C15H27N3O2. The number of carbonyl (C=O) groups is 2. The highest BCUT2D eigenvalue weighted by Crippen LogP contribution is 2.18. The molecule has 2 aliphatic rings. The quantitative estimate of drug-likeness (QED) is 0.785. The van der Waals surface area contributed by atoms with Gasteiger partial charge in [0.25, 0.3) is 0 Å². The first-order valence-electron chi connectivity index (χ1n) is 7.94. The minimum atomic E-state index is 0.132. The van der Waals surface area contributed by atoms with E-state index in [9.17, 15) is 9.59 Å². The summed E-state index contributed by atoms with van der Waals surface area (Å²) in [4.78, 5) is 28.1. The van der Waals surface area contributed by atoms with E-state index in [2.05, 4.69) is 24.1 Å². The fourth-order valence-corrected chi connectivity index (χ4v) is 2.73. The van der Waals surface area contributed by atoms with Crippen molar-refractivity contribution in [1.29, 1.82) is 0 Å². The zero-order valence-corrected chi connectivity index (χ0v) is 12.7. The summed E-state index contributed by atoms with van der Waals surface area (Å²) < 4.78 is 0. The Hall–Kier alpha value is -1.10. The van der Waals surface area contributed by atoms with Crippen molar-refractivity contribution in [1.82, 2.24) is 15.1 Å². The topological polar surface area (TPSA) is 52.7 Å². The molecule has 0 bridgehead atoms. The van der Waals surface area contributed by atoms with Gasteiger partial charge in [0, 0.05) is 38.1 Å². The zero-order chi connectivity index (χ0) is 14.5. The van der Waals surface area contributed by atoms with Crippen LogP contribution in [0, 0.1) is 5.92 Å². The maximum absolute atomic E-state index is 12.3. The summed E-state index contributed by atoms with van der Waals surface area (Å²) in [6.45, 7) is 7.75. The third kappa shape index (κ3) is 4.20. The Morgan fingerprint density at radius 2 is 1.70 bits per heavy atom. The molecule has 0 aromatic heterocycles. The monoisotopic (exact) mass is 281 g/mol. The summed E-state index contributed by atoms with van der Waals surface area (Å²) in [5.41, 5.74) is 0. The summed E-state index contributed by atoms with van der Waals surface area (Å²) in [7, 11) is 0. The molecule has 5 nitrogen and oxygen atoms in total. The molecule has 114 valence electrons. The largest absolute Gasteiger partial charge is 0.352 e. The number of rotatable bonds is 6. The summed E-state index contributed by atoms with van der Waals surface area (Å²) in [6, 6.07) is 0.431. The van der Waals surface area contributed by atoms with Crippen molar-refractivity contribution in [2.75, 3.05) is 32.7 Å². The number of nitrogens with zero attached hydrogens (tertiary/aromatic N) is 2. The van der Waals surface area contributed by atoms with Gasteiger partial charge in [-0.2, -0.15) is 0 Å². The molecule has 20 heavy (non-hydrogen) atoms. The highest BCUT2D eigenvalue weighted by molar-refractivity contribution is 5.79. The van der Waals surface area contributed by atoms with Crippen LogP contribution in [0.25, 0.3) is 0 Å². The Kier molecular flexibility index (Phi) is 5.40. The van der Waals surface area contributed by atoms with Crippen molar-refractivity contribution in [3.8, 4) is 0 Å². The minimum absolute atomic E-state index is 0.132. The van der Waals surface area contributed by atoms with E-state index >= 15 is 0 Å². The smallest absolute Gasteiger partial charge is 0.234 e. The van der Waals surface area contributed by atoms with Crippen LogP contribution in [0.15, 0.2) is 0 Å². The van der Waals surface area contributed by atoms with Gasteiger partial charge >= 0.3 is 0 Å². The molecular weight excluding hydrogens is 254 g/mol. The molecule has 0 aromatic carbocycles. The highest BCUT2D eigenvalue weighted by Gasteiger charge is 2.27. The Labute approximate surface area is 121 Å². The van der Waals surface area contributed by atoms with E-state index in [-0.39, 0.29) is 17.7 Å². The number of hydrogen-bond donors (Lipinski definition) is 1. The van der Waals surface area contributed by atoms with Crippen LogP contribution in [-0.2, 0) is 9.59 Å². The second-order valence-corrected chi connectivity index (χ2v) is 5.96. The average Bonchev–Trinajstić information content (AvgIpc) is 3.24. The van der Waals surface area contributed by atoms with Crippen LogP contribution in [0.1, 0.15) is 39.5 Å². The Balaban J connectivity index is 1.71. The first-order valence-corrected chi connectivity index (χ1v) is 7.94. The van der Waals surface area contributed by atoms with Gasteiger partial charge in [-0.3, -0.25) is 14.5 Å². The van der Waals surface area contributed by atoms with Gasteiger partial charge in [-0.05, 0) is 25.7 Å². The maximum Gasteiger partial charge on any atom is 0.234 e. The van der Waals surface area contributed by atoms with E-state index < -0.39 is 0 Å². The van der Waals surface area contributed by atoms with Crippen molar-refractivity contribution < 1.29 is 9.59 Å². The summed E-state index contributed by atoms with van der Waals surface area (Å²) >= 11 is 0. The molecule has 0 aromatic rings. The average molecular weight is 281 g/mol. The molecule has 5 heteroatoms. The second kappa shape index (κ2) is 7.07. The molecule has 2 rings (SSSR count). The summed E-state index contributed by atoms with van der Waals surface area (Å²) in [5, 5.41) is 3.01. The predicted molar refractivity (Wildman–Crippen MR) is 78.3 cm³/mol. The van der Waals surface area contributed by atoms with E-state index in [1.165, 1.54) is 0 Å². The van der Waals surface area contributed by atoms with Crippen molar-refractivity contribution in [3.05, 3.63) is 0 Å². The fraction of sp³-hybridized carbons (Fsp3) is 0.867. The predicted octanol–water partition coefficient (Wildman–Crippen LogP) is 0.845. The van der Waals surface area contributed by atoms with Gasteiger partial charge in [-0.1, -0.05) is 13.8 Å². The SMILES string of the molecule is CCC(CC)C(=O)N1CCN(CC(=O)NC2CC2)CC1. The van der Waals surface area contributed by atoms with E-state index in [1.54, 1.807) is 0 Å². The molecule has 1 aliphatic carbocycles. The van der Waals surface area contributed by atoms with Gasteiger partial charge in [0.1, 0.15) is 0 Å². The van der Waals surface area contributed by atoms with Crippen LogP contribution >= 0.6 is 0 Å². The van der Waals surface area contributed by atoms with Crippen molar-refractivity contribution in [2.45, 2.75) is 45.6 Å². The molecule has 1 heterocycles. The van der Waals surface area contributed by atoms with E-state index in [4.69, 9.17) is 0 Å². The number of piperazine rings is 1. The first-order chi connectivity index (χ1) is 9.63. The molecule has 2 amide bonds.